The van der Waals surface area contributed by atoms with Crippen LogP contribution in [0.2, 0.25) is 0 Å². The molecule has 2 heterocycles. The summed E-state index contributed by atoms with van der Waals surface area (Å²) in [4.78, 5) is 41.2. The number of imidazole rings is 1. The molecule has 3 aromatic rings. The number of aryl methyl sites for hydroxylation is 2. The summed E-state index contributed by atoms with van der Waals surface area (Å²) in [6.45, 7) is 5.52. The minimum Gasteiger partial charge on any atom is -0.322 e. The van der Waals surface area contributed by atoms with Crippen molar-refractivity contribution in [3.8, 4) is 0 Å². The summed E-state index contributed by atoms with van der Waals surface area (Å²) in [5.41, 5.74) is 0.526. The molecule has 0 aliphatic rings. The predicted octanol–water partition coefficient (Wildman–Crippen LogP) is 2.45. The molecule has 1 aromatic carbocycles. The van der Waals surface area contributed by atoms with E-state index in [1.807, 2.05) is 6.92 Å². The number of nitrogens with zero attached hydrogens (tertiary/aromatic N) is 4. The van der Waals surface area contributed by atoms with Crippen molar-refractivity contribution in [1.82, 2.24) is 18.7 Å². The van der Waals surface area contributed by atoms with E-state index in [9.17, 15) is 18.8 Å². The standard InChI is InChI=1S/C20H21FN4O3/c1-5-24-18-17(19(27)25(6-2)20(24)28)23(4)16(22-18)10-8-13-7-9-15(21)14(11-13)12(3)26/h7-11H,5-6H2,1-4H3/b10-8+. The lowest BCUT2D eigenvalue weighted by Crippen LogP contribution is -2.39. The molecule has 3 rings (SSSR count). The van der Waals surface area contributed by atoms with Gasteiger partial charge in [-0.15, -0.1) is 0 Å². The van der Waals surface area contributed by atoms with E-state index in [2.05, 4.69) is 4.98 Å². The quantitative estimate of drug-likeness (QED) is 0.633. The molecule has 0 saturated heterocycles. The number of carbonyl (C=O) groups excluding carboxylic acids is 1. The van der Waals surface area contributed by atoms with E-state index in [0.29, 0.717) is 29.1 Å². The second kappa shape index (κ2) is 7.38. The summed E-state index contributed by atoms with van der Waals surface area (Å²) in [5.74, 6) is -0.460. The third-order valence-corrected chi connectivity index (χ3v) is 4.70. The van der Waals surface area contributed by atoms with Crippen LogP contribution >= 0.6 is 0 Å². The Hall–Kier alpha value is -3.29. The molecule has 146 valence electrons. The molecule has 0 amide bonds. The van der Waals surface area contributed by atoms with Crippen molar-refractivity contribution in [2.24, 2.45) is 7.05 Å². The summed E-state index contributed by atoms with van der Waals surface area (Å²) in [6, 6.07) is 4.25. The molecule has 0 unspecified atom stereocenters. The fourth-order valence-corrected chi connectivity index (χ4v) is 3.18. The van der Waals surface area contributed by atoms with Gasteiger partial charge in [-0.05, 0) is 44.5 Å². The third-order valence-electron chi connectivity index (χ3n) is 4.70. The van der Waals surface area contributed by atoms with E-state index in [1.165, 1.54) is 28.2 Å². The number of benzene rings is 1. The molecule has 8 heteroatoms. The van der Waals surface area contributed by atoms with E-state index >= 15 is 0 Å². The van der Waals surface area contributed by atoms with Crippen LogP contribution in [0, 0.1) is 5.82 Å². The maximum absolute atomic E-state index is 13.7. The Labute approximate surface area is 160 Å². The Kier molecular flexibility index (Phi) is 5.13. The zero-order chi connectivity index (χ0) is 20.6. The average molecular weight is 384 g/mol. The van der Waals surface area contributed by atoms with Crippen LogP contribution in [0.4, 0.5) is 4.39 Å². The summed E-state index contributed by atoms with van der Waals surface area (Å²) >= 11 is 0. The topological polar surface area (TPSA) is 78.9 Å². The van der Waals surface area contributed by atoms with E-state index in [4.69, 9.17) is 0 Å². The van der Waals surface area contributed by atoms with Gasteiger partial charge in [0.15, 0.2) is 16.9 Å². The third kappa shape index (κ3) is 3.11. The molecule has 0 bridgehead atoms. The number of aromatic nitrogens is 4. The van der Waals surface area contributed by atoms with Crippen LogP contribution in [0.25, 0.3) is 23.3 Å². The van der Waals surface area contributed by atoms with Gasteiger partial charge in [-0.25, -0.2) is 14.2 Å². The molecule has 0 aliphatic carbocycles. The van der Waals surface area contributed by atoms with Crippen LogP contribution in [0.1, 0.15) is 42.5 Å². The van der Waals surface area contributed by atoms with Crippen molar-refractivity contribution < 1.29 is 9.18 Å². The number of carbonyl (C=O) groups is 1. The molecule has 0 N–H and O–H groups in total. The highest BCUT2D eigenvalue weighted by Gasteiger charge is 2.17. The first-order chi connectivity index (χ1) is 13.3. The van der Waals surface area contributed by atoms with E-state index < -0.39 is 5.82 Å². The number of halogens is 1. The SMILES string of the molecule is CCn1c(=O)c2c(nc(/C=C/c3ccc(F)c(C(C)=O)c3)n2C)n(CC)c1=O. The van der Waals surface area contributed by atoms with Gasteiger partial charge in [0, 0.05) is 20.1 Å². The van der Waals surface area contributed by atoms with E-state index in [-0.39, 0.29) is 29.1 Å². The van der Waals surface area contributed by atoms with Crippen LogP contribution in [-0.2, 0) is 20.1 Å². The van der Waals surface area contributed by atoms with Gasteiger partial charge in [-0.3, -0.25) is 18.7 Å². The molecular weight excluding hydrogens is 363 g/mol. The first-order valence-electron chi connectivity index (χ1n) is 8.98. The number of hydrogen-bond donors (Lipinski definition) is 0. The lowest BCUT2D eigenvalue weighted by molar-refractivity contribution is 0.101. The molecular formula is C20H21FN4O3. The Morgan fingerprint density at radius 1 is 1.14 bits per heavy atom. The lowest BCUT2D eigenvalue weighted by atomic mass is 10.1. The second-order valence-corrected chi connectivity index (χ2v) is 6.41. The molecule has 2 aromatic heterocycles. The predicted molar refractivity (Wildman–Crippen MR) is 106 cm³/mol. The number of rotatable bonds is 5. The molecule has 0 saturated carbocycles. The minimum absolute atomic E-state index is 0.0119. The monoisotopic (exact) mass is 384 g/mol. The Morgan fingerprint density at radius 3 is 2.43 bits per heavy atom. The maximum Gasteiger partial charge on any atom is 0.332 e. The molecule has 0 fully saturated rings. The highest BCUT2D eigenvalue weighted by molar-refractivity contribution is 5.95. The van der Waals surface area contributed by atoms with Gasteiger partial charge < -0.3 is 4.57 Å². The first-order valence-corrected chi connectivity index (χ1v) is 8.98. The van der Waals surface area contributed by atoms with Crippen LogP contribution in [0.5, 0.6) is 0 Å². The summed E-state index contributed by atoms with van der Waals surface area (Å²) in [5, 5.41) is 0. The van der Waals surface area contributed by atoms with Gasteiger partial charge >= 0.3 is 5.69 Å². The highest BCUT2D eigenvalue weighted by Crippen LogP contribution is 2.16. The summed E-state index contributed by atoms with van der Waals surface area (Å²) in [7, 11) is 1.70. The van der Waals surface area contributed by atoms with Crippen molar-refractivity contribution in [2.75, 3.05) is 0 Å². The molecule has 0 aliphatic heterocycles. The van der Waals surface area contributed by atoms with E-state index in [1.54, 1.807) is 36.8 Å². The second-order valence-electron chi connectivity index (χ2n) is 6.41. The summed E-state index contributed by atoms with van der Waals surface area (Å²) < 4.78 is 18.0. The molecule has 0 spiro atoms. The van der Waals surface area contributed by atoms with Crippen LogP contribution in [0.15, 0.2) is 27.8 Å². The van der Waals surface area contributed by atoms with Crippen LogP contribution in [-0.4, -0.2) is 24.5 Å². The average Bonchev–Trinajstić information content (AvgIpc) is 2.98. The lowest BCUT2D eigenvalue weighted by Gasteiger charge is -2.08. The first kappa shape index (κ1) is 19.5. The van der Waals surface area contributed by atoms with Gasteiger partial charge in [0.05, 0.1) is 5.56 Å². The largest absolute Gasteiger partial charge is 0.332 e. The Balaban J connectivity index is 2.17. The smallest absolute Gasteiger partial charge is 0.322 e. The molecule has 0 atom stereocenters. The zero-order valence-corrected chi connectivity index (χ0v) is 16.2. The maximum atomic E-state index is 13.7. The zero-order valence-electron chi connectivity index (χ0n) is 16.2. The number of fused-ring (bicyclic) bond motifs is 1. The molecule has 28 heavy (non-hydrogen) atoms. The fourth-order valence-electron chi connectivity index (χ4n) is 3.18. The number of ketones is 1. The summed E-state index contributed by atoms with van der Waals surface area (Å²) in [6.07, 6.45) is 3.34. The highest BCUT2D eigenvalue weighted by atomic mass is 19.1. The Bertz CT molecular complexity index is 1230. The van der Waals surface area contributed by atoms with Crippen molar-refractivity contribution in [1.29, 1.82) is 0 Å². The minimum atomic E-state index is -0.570. The van der Waals surface area contributed by atoms with Crippen LogP contribution in [0.3, 0.4) is 0 Å². The van der Waals surface area contributed by atoms with Crippen molar-refractivity contribution in [2.45, 2.75) is 33.9 Å². The van der Waals surface area contributed by atoms with Gasteiger partial charge in [0.2, 0.25) is 0 Å². The van der Waals surface area contributed by atoms with Crippen molar-refractivity contribution in [3.63, 3.8) is 0 Å². The molecule has 0 radical (unpaired) electrons. The fraction of sp³-hybridized carbons (Fsp3) is 0.300. The van der Waals surface area contributed by atoms with Gasteiger partial charge in [-0.1, -0.05) is 12.1 Å². The number of Topliss-reactive ketones (excluding diaryl/α,β-unsaturated/α-hetero) is 1. The van der Waals surface area contributed by atoms with Crippen molar-refractivity contribution >= 4 is 29.1 Å². The van der Waals surface area contributed by atoms with Gasteiger partial charge in [0.25, 0.3) is 5.56 Å². The number of hydrogen-bond acceptors (Lipinski definition) is 4. The van der Waals surface area contributed by atoms with Gasteiger partial charge in [0.1, 0.15) is 11.6 Å². The van der Waals surface area contributed by atoms with E-state index in [0.717, 1.165) is 0 Å². The normalized spacial score (nSPS) is 11.6. The van der Waals surface area contributed by atoms with Crippen LogP contribution < -0.4 is 11.2 Å². The van der Waals surface area contributed by atoms with Gasteiger partial charge in [-0.2, -0.15) is 0 Å². The van der Waals surface area contributed by atoms with Crippen molar-refractivity contribution in [3.05, 3.63) is 61.8 Å². The molecule has 7 nitrogen and oxygen atoms in total. The Morgan fingerprint density at radius 2 is 1.82 bits per heavy atom.